The molecule has 1 aromatic carbocycles. The summed E-state index contributed by atoms with van der Waals surface area (Å²) in [6.07, 6.45) is 1.34. The number of nitrogens with zero attached hydrogens (tertiary/aromatic N) is 2. The van der Waals surface area contributed by atoms with Crippen LogP contribution in [0.5, 0.6) is 0 Å². The third kappa shape index (κ3) is 1.75. The van der Waals surface area contributed by atoms with Crippen molar-refractivity contribution in [1.82, 2.24) is 4.57 Å². The van der Waals surface area contributed by atoms with E-state index in [-0.39, 0.29) is 5.56 Å². The maximum absolute atomic E-state index is 11.5. The first kappa shape index (κ1) is 11.2. The van der Waals surface area contributed by atoms with E-state index in [0.29, 0.717) is 11.4 Å². The molecule has 5 nitrogen and oxygen atoms in total. The number of aromatic nitrogens is 2. The molecule has 0 saturated heterocycles. The van der Waals surface area contributed by atoms with Gasteiger partial charge in [-0.25, -0.2) is 9.52 Å². The molecule has 2 rings (SSSR count). The summed E-state index contributed by atoms with van der Waals surface area (Å²) in [6.45, 7) is 3.48. The number of hydrogen-bond acceptors (Lipinski definition) is 2. The van der Waals surface area contributed by atoms with Crippen molar-refractivity contribution in [3.05, 3.63) is 52.8 Å². The summed E-state index contributed by atoms with van der Waals surface area (Å²) in [5, 5.41) is 20.6. The van der Waals surface area contributed by atoms with Crippen molar-refractivity contribution in [2.45, 2.75) is 13.8 Å². The molecule has 17 heavy (non-hydrogen) atoms. The van der Waals surface area contributed by atoms with E-state index < -0.39 is 5.97 Å². The van der Waals surface area contributed by atoms with Crippen LogP contribution in [0, 0.1) is 19.1 Å². The predicted molar refractivity (Wildman–Crippen MR) is 61.2 cm³/mol. The van der Waals surface area contributed by atoms with Crippen molar-refractivity contribution in [2.75, 3.05) is 0 Å². The first-order chi connectivity index (χ1) is 8.02. The van der Waals surface area contributed by atoms with Crippen molar-refractivity contribution >= 4 is 5.97 Å². The van der Waals surface area contributed by atoms with Gasteiger partial charge in [0.25, 0.3) is 6.33 Å². The summed E-state index contributed by atoms with van der Waals surface area (Å²) in [4.78, 5) is 11.1. The van der Waals surface area contributed by atoms with Gasteiger partial charge >= 0.3 is 5.97 Å². The van der Waals surface area contributed by atoms with E-state index in [9.17, 15) is 10.0 Å². The van der Waals surface area contributed by atoms with Crippen LogP contribution in [0.1, 0.15) is 21.7 Å². The van der Waals surface area contributed by atoms with Gasteiger partial charge in [0, 0.05) is 13.8 Å². The molecule has 0 atom stereocenters. The van der Waals surface area contributed by atoms with Gasteiger partial charge in [0.15, 0.2) is 0 Å². The van der Waals surface area contributed by atoms with Gasteiger partial charge in [-0.2, -0.15) is 4.57 Å². The second-order valence-electron chi connectivity index (χ2n) is 3.80. The zero-order valence-corrected chi connectivity index (χ0v) is 9.54. The molecule has 0 spiro atoms. The van der Waals surface area contributed by atoms with E-state index in [4.69, 9.17) is 5.11 Å². The average Bonchev–Trinajstić information content (AvgIpc) is 2.57. The van der Waals surface area contributed by atoms with Crippen LogP contribution in [0.3, 0.4) is 0 Å². The van der Waals surface area contributed by atoms with Crippen LogP contribution in [0.2, 0.25) is 0 Å². The molecule has 0 radical (unpaired) electrons. The fraction of sp³-hybridized carbons (Fsp3) is 0.167. The molecule has 5 heteroatoms. The molecule has 0 aliphatic rings. The van der Waals surface area contributed by atoms with E-state index in [2.05, 4.69) is 0 Å². The Kier molecular flexibility index (Phi) is 2.59. The summed E-state index contributed by atoms with van der Waals surface area (Å²) in [7, 11) is 0. The standard InChI is InChI=1S/C12H12N2O3/c1-8-9(2)14(17)7-13(8)11-6-4-3-5-10(11)12(15)16/h3-7H,1-2H3,(H,15,16). The molecule has 0 aliphatic heterocycles. The lowest BCUT2D eigenvalue weighted by Gasteiger charge is -2.02. The number of para-hydroxylation sites is 1. The van der Waals surface area contributed by atoms with E-state index in [1.54, 1.807) is 36.6 Å². The minimum Gasteiger partial charge on any atom is -0.711 e. The van der Waals surface area contributed by atoms with Crippen molar-refractivity contribution in [3.63, 3.8) is 0 Å². The second-order valence-corrected chi connectivity index (χ2v) is 3.80. The molecule has 1 N–H and O–H groups in total. The lowest BCUT2D eigenvalue weighted by molar-refractivity contribution is -0.611. The number of carboxylic acids is 1. The monoisotopic (exact) mass is 232 g/mol. The molecule has 0 unspecified atom stereocenters. The molecular weight excluding hydrogens is 220 g/mol. The van der Waals surface area contributed by atoms with Crippen molar-refractivity contribution in [2.24, 2.45) is 0 Å². The van der Waals surface area contributed by atoms with Crippen LogP contribution in [0.15, 0.2) is 30.6 Å². The molecule has 0 fully saturated rings. The molecule has 0 bridgehead atoms. The largest absolute Gasteiger partial charge is 0.711 e. The lowest BCUT2D eigenvalue weighted by Crippen LogP contribution is -2.26. The molecule has 1 heterocycles. The van der Waals surface area contributed by atoms with Crippen molar-refractivity contribution in [3.8, 4) is 5.69 Å². The van der Waals surface area contributed by atoms with E-state index in [1.165, 1.54) is 12.4 Å². The van der Waals surface area contributed by atoms with E-state index >= 15 is 0 Å². The van der Waals surface area contributed by atoms with Crippen molar-refractivity contribution in [1.29, 1.82) is 0 Å². The number of aromatic carboxylic acids is 1. The first-order valence-electron chi connectivity index (χ1n) is 5.12. The molecule has 0 aliphatic carbocycles. The van der Waals surface area contributed by atoms with Gasteiger partial charge in [-0.3, -0.25) is 0 Å². The average molecular weight is 232 g/mol. The number of benzene rings is 1. The maximum atomic E-state index is 11.5. The number of carboxylic acid groups (broad SMARTS) is 1. The van der Waals surface area contributed by atoms with Gasteiger partial charge in [0.1, 0.15) is 22.6 Å². The van der Waals surface area contributed by atoms with Crippen molar-refractivity contribution < 1.29 is 14.6 Å². The minimum atomic E-state index is -1.01. The van der Waals surface area contributed by atoms with Crippen LogP contribution in [-0.4, -0.2) is 15.6 Å². The first-order valence-corrected chi connectivity index (χ1v) is 5.12. The molecule has 0 amide bonds. The van der Waals surface area contributed by atoms with Gasteiger partial charge in [0.05, 0.1) is 0 Å². The Morgan fingerprint density at radius 3 is 2.53 bits per heavy atom. The van der Waals surface area contributed by atoms with Gasteiger partial charge in [0.2, 0.25) is 0 Å². The SMILES string of the molecule is Cc1c(C)[n+]([O-])cn1-c1ccccc1C(=O)O. The Hall–Kier alpha value is -2.30. The third-order valence-corrected chi connectivity index (χ3v) is 2.83. The Bertz CT molecular complexity index is 587. The highest BCUT2D eigenvalue weighted by molar-refractivity contribution is 5.91. The fourth-order valence-corrected chi connectivity index (χ4v) is 1.72. The highest BCUT2D eigenvalue weighted by Gasteiger charge is 2.19. The van der Waals surface area contributed by atoms with Gasteiger partial charge in [-0.15, -0.1) is 0 Å². The summed E-state index contributed by atoms with van der Waals surface area (Å²) in [5.41, 5.74) is 1.96. The fourth-order valence-electron chi connectivity index (χ4n) is 1.72. The highest BCUT2D eigenvalue weighted by Crippen LogP contribution is 2.17. The topological polar surface area (TPSA) is 69.2 Å². The van der Waals surface area contributed by atoms with Crippen LogP contribution < -0.4 is 4.73 Å². The van der Waals surface area contributed by atoms with Crippen LogP contribution in [0.4, 0.5) is 0 Å². The molecule has 0 saturated carbocycles. The summed E-state index contributed by atoms with van der Waals surface area (Å²) < 4.78 is 2.32. The van der Waals surface area contributed by atoms with E-state index in [1.807, 2.05) is 0 Å². The van der Waals surface area contributed by atoms with E-state index in [0.717, 1.165) is 10.4 Å². The van der Waals surface area contributed by atoms with Crippen LogP contribution >= 0.6 is 0 Å². The van der Waals surface area contributed by atoms with Gasteiger partial charge < -0.3 is 10.3 Å². The maximum Gasteiger partial charge on any atom is 0.340 e. The zero-order valence-electron chi connectivity index (χ0n) is 9.54. The van der Waals surface area contributed by atoms with Crippen LogP contribution in [0.25, 0.3) is 5.69 Å². The number of rotatable bonds is 2. The van der Waals surface area contributed by atoms with Gasteiger partial charge in [-0.1, -0.05) is 12.1 Å². The summed E-state index contributed by atoms with van der Waals surface area (Å²) in [6, 6.07) is 6.59. The number of carbonyl (C=O) groups is 1. The Balaban J connectivity index is 2.68. The predicted octanol–water partition coefficient (Wildman–Crippen LogP) is 1.43. The molecule has 2 aromatic rings. The lowest BCUT2D eigenvalue weighted by atomic mass is 10.1. The normalized spacial score (nSPS) is 10.5. The number of hydrogen-bond donors (Lipinski definition) is 1. The Morgan fingerprint density at radius 2 is 2.00 bits per heavy atom. The Labute approximate surface area is 98.1 Å². The summed E-state index contributed by atoms with van der Waals surface area (Å²) in [5.74, 6) is -1.01. The third-order valence-electron chi connectivity index (χ3n) is 2.83. The molecule has 88 valence electrons. The smallest absolute Gasteiger partial charge is 0.340 e. The number of imidazole rings is 1. The minimum absolute atomic E-state index is 0.172. The second kappa shape index (κ2) is 3.93. The Morgan fingerprint density at radius 1 is 1.35 bits per heavy atom. The quantitative estimate of drug-likeness (QED) is 0.629. The highest BCUT2D eigenvalue weighted by atomic mass is 16.5. The molecule has 1 aromatic heterocycles. The van der Waals surface area contributed by atoms with Gasteiger partial charge in [-0.05, 0) is 12.1 Å². The zero-order chi connectivity index (χ0) is 12.6. The molecular formula is C12H12N2O3. The summed E-state index contributed by atoms with van der Waals surface area (Å²) >= 11 is 0. The van der Waals surface area contributed by atoms with Crippen LogP contribution in [-0.2, 0) is 0 Å².